The smallest absolute Gasteiger partial charge is 0.170 e. The van der Waals surface area contributed by atoms with Gasteiger partial charge in [0.2, 0.25) is 0 Å². The molecule has 0 saturated heterocycles. The zero-order chi connectivity index (χ0) is 13.1. The Labute approximate surface area is 112 Å². The lowest BCUT2D eigenvalue weighted by molar-refractivity contribution is -0.122. The van der Waals surface area contributed by atoms with Crippen molar-refractivity contribution in [2.24, 2.45) is 0 Å². The van der Waals surface area contributed by atoms with E-state index in [1.165, 1.54) is 11.8 Å². The fraction of sp³-hybridized carbons (Fsp3) is 0.500. The van der Waals surface area contributed by atoms with Crippen molar-refractivity contribution in [3.05, 3.63) is 34.9 Å². The van der Waals surface area contributed by atoms with Gasteiger partial charge in [-0.3, -0.25) is 0 Å². The first-order valence-electron chi connectivity index (χ1n) is 5.15. The molecule has 1 rings (SSSR count). The fourth-order valence-corrected chi connectivity index (χ4v) is 3.00. The summed E-state index contributed by atoms with van der Waals surface area (Å²) in [4.78, 5) is -1.43. The summed E-state index contributed by atoms with van der Waals surface area (Å²) >= 11 is 3.95. The maximum Gasteiger partial charge on any atom is 0.402 e. The van der Waals surface area contributed by atoms with Crippen molar-refractivity contribution in [2.45, 2.75) is 30.6 Å². The van der Waals surface area contributed by atoms with Crippen LogP contribution in [-0.4, -0.2) is 16.8 Å². The van der Waals surface area contributed by atoms with Crippen LogP contribution in [0.1, 0.15) is 16.7 Å². The van der Waals surface area contributed by atoms with Crippen LogP contribution in [0.3, 0.4) is 0 Å². The number of hydrogen-bond acceptors (Lipinski definition) is 1. The molecular weight excluding hydrogens is 313 g/mol. The molecule has 96 valence electrons. The summed E-state index contributed by atoms with van der Waals surface area (Å²) in [5.41, 5.74) is 3.37. The Hall–Kier alpha value is -0.160. The van der Waals surface area contributed by atoms with E-state index in [2.05, 4.69) is 22.0 Å². The Balaban J connectivity index is 2.46. The Bertz CT molecular complexity index is 356. The predicted octanol–water partition coefficient (Wildman–Crippen LogP) is 4.86. The first-order chi connectivity index (χ1) is 7.79. The molecule has 0 aliphatic carbocycles. The van der Waals surface area contributed by atoms with Crippen LogP contribution >= 0.6 is 27.7 Å². The van der Waals surface area contributed by atoms with Gasteiger partial charge in [-0.25, -0.2) is 0 Å². The molecule has 1 unspecified atom stereocenters. The number of hydrogen-bond donors (Lipinski definition) is 0. The third kappa shape index (κ3) is 5.34. The van der Waals surface area contributed by atoms with Gasteiger partial charge < -0.3 is 0 Å². The molecule has 0 aliphatic heterocycles. The molecule has 1 aromatic carbocycles. The summed E-state index contributed by atoms with van der Waals surface area (Å²) < 4.78 is 36.7. The lowest BCUT2D eigenvalue weighted by atomic mass is 10.1. The van der Waals surface area contributed by atoms with Crippen LogP contribution in [0.4, 0.5) is 13.2 Å². The average Bonchev–Trinajstić information content (AvgIpc) is 2.14. The summed E-state index contributed by atoms with van der Waals surface area (Å²) in [6.45, 7) is 3.98. The minimum atomic E-state index is -4.16. The largest absolute Gasteiger partial charge is 0.402 e. The second-order valence-electron chi connectivity index (χ2n) is 4.02. The van der Waals surface area contributed by atoms with E-state index in [9.17, 15) is 13.2 Å². The summed E-state index contributed by atoms with van der Waals surface area (Å²) in [7, 11) is 0. The molecule has 0 nitrogen and oxygen atoms in total. The van der Waals surface area contributed by atoms with Gasteiger partial charge in [0.1, 0.15) is 4.83 Å². The maximum atomic E-state index is 12.2. The first kappa shape index (κ1) is 14.9. The first-order valence-corrected chi connectivity index (χ1v) is 7.22. The SMILES string of the molecule is Cc1cc(C)cc(CSCC(Br)C(F)(F)F)c1. The Morgan fingerprint density at radius 2 is 1.71 bits per heavy atom. The van der Waals surface area contributed by atoms with Crippen molar-refractivity contribution in [3.8, 4) is 0 Å². The molecule has 0 aliphatic rings. The predicted molar refractivity (Wildman–Crippen MR) is 70.8 cm³/mol. The zero-order valence-electron chi connectivity index (χ0n) is 9.64. The lowest BCUT2D eigenvalue weighted by Gasteiger charge is -2.13. The molecular formula is C12H14BrF3S. The van der Waals surface area contributed by atoms with E-state index < -0.39 is 11.0 Å². The van der Waals surface area contributed by atoms with Crippen molar-refractivity contribution in [3.63, 3.8) is 0 Å². The maximum absolute atomic E-state index is 12.2. The number of aryl methyl sites for hydroxylation is 2. The van der Waals surface area contributed by atoms with Gasteiger partial charge in [-0.15, -0.1) is 0 Å². The normalized spacial score (nSPS) is 13.8. The van der Waals surface area contributed by atoms with E-state index in [1.807, 2.05) is 26.0 Å². The van der Waals surface area contributed by atoms with Crippen LogP contribution in [0.2, 0.25) is 0 Å². The van der Waals surface area contributed by atoms with Gasteiger partial charge in [0.25, 0.3) is 0 Å². The topological polar surface area (TPSA) is 0 Å². The van der Waals surface area contributed by atoms with Crippen molar-refractivity contribution in [2.75, 3.05) is 5.75 Å². The van der Waals surface area contributed by atoms with Gasteiger partial charge in [-0.05, 0) is 19.4 Å². The van der Waals surface area contributed by atoms with Crippen LogP contribution in [0.15, 0.2) is 18.2 Å². The molecule has 0 aromatic heterocycles. The van der Waals surface area contributed by atoms with E-state index >= 15 is 0 Å². The van der Waals surface area contributed by atoms with E-state index in [-0.39, 0.29) is 5.75 Å². The second kappa shape index (κ2) is 6.14. The minimum Gasteiger partial charge on any atom is -0.170 e. The highest BCUT2D eigenvalue weighted by Gasteiger charge is 2.37. The van der Waals surface area contributed by atoms with Gasteiger partial charge in [0.15, 0.2) is 0 Å². The highest BCUT2D eigenvalue weighted by molar-refractivity contribution is 9.09. The number of rotatable bonds is 4. The van der Waals surface area contributed by atoms with E-state index in [4.69, 9.17) is 0 Å². The molecule has 0 spiro atoms. The van der Waals surface area contributed by atoms with Gasteiger partial charge in [0.05, 0.1) is 0 Å². The van der Waals surface area contributed by atoms with Crippen molar-refractivity contribution in [1.29, 1.82) is 0 Å². The molecule has 0 amide bonds. The van der Waals surface area contributed by atoms with Gasteiger partial charge in [-0.2, -0.15) is 24.9 Å². The average molecular weight is 327 g/mol. The quantitative estimate of drug-likeness (QED) is 0.712. The van der Waals surface area contributed by atoms with Crippen LogP contribution in [-0.2, 0) is 5.75 Å². The number of alkyl halides is 4. The molecule has 0 N–H and O–H groups in total. The summed E-state index contributed by atoms with van der Waals surface area (Å²) in [6.07, 6.45) is -4.16. The van der Waals surface area contributed by atoms with Crippen LogP contribution in [0.5, 0.6) is 0 Å². The molecule has 1 atom stereocenters. The van der Waals surface area contributed by atoms with Gasteiger partial charge >= 0.3 is 6.18 Å². The molecule has 17 heavy (non-hydrogen) atoms. The van der Waals surface area contributed by atoms with Crippen molar-refractivity contribution in [1.82, 2.24) is 0 Å². The molecule has 0 saturated carbocycles. The molecule has 0 fully saturated rings. The van der Waals surface area contributed by atoms with Crippen LogP contribution in [0, 0.1) is 13.8 Å². The van der Waals surface area contributed by atoms with E-state index in [0.29, 0.717) is 5.75 Å². The fourth-order valence-electron chi connectivity index (χ4n) is 1.53. The van der Waals surface area contributed by atoms with Gasteiger partial charge in [-0.1, -0.05) is 45.3 Å². The molecule has 0 heterocycles. The third-order valence-corrected chi connectivity index (χ3v) is 4.55. The van der Waals surface area contributed by atoms with Crippen molar-refractivity contribution >= 4 is 27.7 Å². The standard InChI is InChI=1S/C12H14BrF3S/c1-8-3-9(2)5-10(4-8)6-17-7-11(13)12(14,15)16/h3-5,11H,6-7H2,1-2H3. The molecule has 0 bridgehead atoms. The third-order valence-electron chi connectivity index (χ3n) is 2.17. The van der Waals surface area contributed by atoms with Crippen LogP contribution < -0.4 is 0 Å². The van der Waals surface area contributed by atoms with Crippen molar-refractivity contribution < 1.29 is 13.2 Å². The number of benzene rings is 1. The molecule has 0 radical (unpaired) electrons. The highest BCUT2D eigenvalue weighted by atomic mass is 79.9. The molecule has 1 aromatic rings. The summed E-state index contributed by atoms with van der Waals surface area (Å²) in [6, 6.07) is 6.07. The van der Waals surface area contributed by atoms with E-state index in [0.717, 1.165) is 16.7 Å². The Morgan fingerprint density at radius 1 is 1.18 bits per heavy atom. The number of halogens is 4. The molecule has 5 heteroatoms. The minimum absolute atomic E-state index is 0.0382. The Morgan fingerprint density at radius 3 is 2.18 bits per heavy atom. The summed E-state index contributed by atoms with van der Waals surface area (Å²) in [5.74, 6) is 0.650. The lowest BCUT2D eigenvalue weighted by Crippen LogP contribution is -2.24. The second-order valence-corrected chi connectivity index (χ2v) is 6.16. The number of thioether (sulfide) groups is 1. The van der Waals surface area contributed by atoms with E-state index in [1.54, 1.807) is 0 Å². The van der Waals surface area contributed by atoms with Gasteiger partial charge in [0, 0.05) is 11.5 Å². The van der Waals surface area contributed by atoms with Crippen LogP contribution in [0.25, 0.3) is 0 Å². The monoisotopic (exact) mass is 326 g/mol. The summed E-state index contributed by atoms with van der Waals surface area (Å²) in [5, 5.41) is 0. The zero-order valence-corrected chi connectivity index (χ0v) is 12.0. The Kier molecular flexibility index (Phi) is 5.38. The highest BCUT2D eigenvalue weighted by Crippen LogP contribution is 2.30.